The Kier molecular flexibility index (Phi) is 7.71. The van der Waals surface area contributed by atoms with Gasteiger partial charge in [0.2, 0.25) is 0 Å². The normalized spacial score (nSPS) is 10.7. The van der Waals surface area contributed by atoms with E-state index in [1.54, 1.807) is 28.0 Å². The highest BCUT2D eigenvalue weighted by atomic mass is 79.9. The lowest BCUT2D eigenvalue weighted by atomic mass is 11.8. The fourth-order valence-electron chi connectivity index (χ4n) is 0.224. The standard InChI is InChI=1S/C4H12O3P.BrH/c1-5-8(4,6-2)7-3;/h1-4H3;1H/q+1;/p-1. The van der Waals surface area contributed by atoms with Crippen LogP contribution in [0, 0.1) is 0 Å². The summed E-state index contributed by atoms with van der Waals surface area (Å²) in [5.74, 6) is 0. The molecule has 0 aliphatic carbocycles. The summed E-state index contributed by atoms with van der Waals surface area (Å²) < 4.78 is 14.7. The molecule has 0 amide bonds. The van der Waals surface area contributed by atoms with Crippen molar-refractivity contribution in [3.8, 4) is 0 Å². The molecule has 0 aliphatic heterocycles. The summed E-state index contributed by atoms with van der Waals surface area (Å²) in [7, 11) is 2.80. The molecular weight excluding hydrogens is 207 g/mol. The summed E-state index contributed by atoms with van der Waals surface area (Å²) in [6, 6.07) is 0. The number of rotatable bonds is 3. The third-order valence-corrected chi connectivity index (χ3v) is 2.98. The molecule has 0 fully saturated rings. The van der Waals surface area contributed by atoms with Crippen LogP contribution in [0.4, 0.5) is 0 Å². The van der Waals surface area contributed by atoms with Gasteiger partial charge in [0.25, 0.3) is 0 Å². The average Bonchev–Trinajstić information content (AvgIpc) is 1.87. The van der Waals surface area contributed by atoms with Crippen LogP contribution in [-0.2, 0) is 13.6 Å². The lowest BCUT2D eigenvalue weighted by Gasteiger charge is -2.10. The van der Waals surface area contributed by atoms with E-state index < -0.39 is 7.94 Å². The molecule has 0 saturated heterocycles. The first-order valence-electron chi connectivity index (χ1n) is 2.22. The van der Waals surface area contributed by atoms with Crippen LogP contribution in [0.2, 0.25) is 0 Å². The maximum Gasteiger partial charge on any atom is 0.407 e. The third kappa shape index (κ3) is 4.23. The summed E-state index contributed by atoms with van der Waals surface area (Å²) >= 11 is 0. The third-order valence-electron chi connectivity index (χ3n) is 0.995. The van der Waals surface area contributed by atoms with Gasteiger partial charge in [-0.15, -0.1) is 0 Å². The van der Waals surface area contributed by atoms with Crippen molar-refractivity contribution in [3.05, 3.63) is 0 Å². The minimum atomic E-state index is -1.91. The molecule has 0 unspecified atom stereocenters. The Hall–Kier alpha value is 0.790. The van der Waals surface area contributed by atoms with E-state index in [1.807, 2.05) is 0 Å². The Labute approximate surface area is 67.0 Å². The molecule has 0 rings (SSSR count). The van der Waals surface area contributed by atoms with E-state index in [-0.39, 0.29) is 17.0 Å². The van der Waals surface area contributed by atoms with E-state index in [9.17, 15) is 0 Å². The lowest BCUT2D eigenvalue weighted by Crippen LogP contribution is -3.00. The van der Waals surface area contributed by atoms with E-state index in [0.29, 0.717) is 0 Å². The smallest absolute Gasteiger partial charge is 0.407 e. The van der Waals surface area contributed by atoms with E-state index in [1.165, 1.54) is 0 Å². The predicted octanol–water partition coefficient (Wildman–Crippen LogP) is -1.68. The van der Waals surface area contributed by atoms with E-state index in [0.717, 1.165) is 0 Å². The van der Waals surface area contributed by atoms with Gasteiger partial charge in [0, 0.05) is 0 Å². The molecule has 3 nitrogen and oxygen atoms in total. The highest BCUT2D eigenvalue weighted by molar-refractivity contribution is 7.60. The highest BCUT2D eigenvalue weighted by Gasteiger charge is 2.33. The van der Waals surface area contributed by atoms with Crippen molar-refractivity contribution in [3.63, 3.8) is 0 Å². The molecule has 0 saturated carbocycles. The molecular formula is C4H12BrO3P. The summed E-state index contributed by atoms with van der Waals surface area (Å²) in [5.41, 5.74) is 0. The molecule has 0 aromatic rings. The maximum absolute atomic E-state index is 4.90. The van der Waals surface area contributed by atoms with Gasteiger partial charge in [-0.2, -0.15) is 13.6 Å². The minimum Gasteiger partial charge on any atom is -1.00 e. The van der Waals surface area contributed by atoms with E-state index >= 15 is 0 Å². The molecule has 0 aromatic heterocycles. The van der Waals surface area contributed by atoms with Crippen LogP contribution < -0.4 is 17.0 Å². The Morgan fingerprint density at radius 1 is 0.889 bits per heavy atom. The first-order valence-corrected chi connectivity index (χ1v) is 4.21. The Morgan fingerprint density at radius 3 is 1.11 bits per heavy atom. The van der Waals surface area contributed by atoms with Gasteiger partial charge in [-0.3, -0.25) is 0 Å². The van der Waals surface area contributed by atoms with Gasteiger partial charge in [0.05, 0.1) is 21.3 Å². The fourth-order valence-corrected chi connectivity index (χ4v) is 0.671. The molecule has 0 atom stereocenters. The van der Waals surface area contributed by atoms with Gasteiger partial charge >= 0.3 is 7.94 Å². The van der Waals surface area contributed by atoms with Crippen molar-refractivity contribution in [1.29, 1.82) is 0 Å². The molecule has 0 N–H and O–H groups in total. The molecule has 0 spiro atoms. The van der Waals surface area contributed by atoms with E-state index in [2.05, 4.69) is 0 Å². The van der Waals surface area contributed by atoms with Crippen LogP contribution in [0.3, 0.4) is 0 Å². The van der Waals surface area contributed by atoms with Crippen LogP contribution in [0.15, 0.2) is 0 Å². The molecule has 0 radical (unpaired) electrons. The number of halogens is 1. The second-order valence-electron chi connectivity index (χ2n) is 1.32. The Bertz CT molecular complexity index is 58.6. The molecule has 0 heterocycles. The summed E-state index contributed by atoms with van der Waals surface area (Å²) in [6.07, 6.45) is 0. The zero-order chi connectivity index (χ0) is 6.62. The highest BCUT2D eigenvalue weighted by Crippen LogP contribution is 2.56. The topological polar surface area (TPSA) is 27.7 Å². The van der Waals surface area contributed by atoms with Gasteiger partial charge in [0.1, 0.15) is 6.66 Å². The monoisotopic (exact) mass is 218 g/mol. The zero-order valence-electron chi connectivity index (χ0n) is 6.05. The van der Waals surface area contributed by atoms with Crippen molar-refractivity contribution in [2.45, 2.75) is 0 Å². The Balaban J connectivity index is 0. The van der Waals surface area contributed by atoms with Crippen LogP contribution in [0.25, 0.3) is 0 Å². The second-order valence-corrected chi connectivity index (χ2v) is 3.96. The Morgan fingerprint density at radius 2 is 1.11 bits per heavy atom. The fraction of sp³-hybridized carbons (Fsp3) is 1.00. The second kappa shape index (κ2) is 5.57. The van der Waals surface area contributed by atoms with Crippen molar-refractivity contribution < 1.29 is 30.6 Å². The largest absolute Gasteiger partial charge is 1.00 e. The molecule has 0 aromatic carbocycles. The van der Waals surface area contributed by atoms with Gasteiger partial charge in [-0.1, -0.05) is 0 Å². The molecule has 9 heavy (non-hydrogen) atoms. The number of hydrogen-bond acceptors (Lipinski definition) is 3. The van der Waals surface area contributed by atoms with Crippen LogP contribution in [-0.4, -0.2) is 28.0 Å². The summed E-state index contributed by atoms with van der Waals surface area (Å²) in [5, 5.41) is 0. The molecule has 0 bridgehead atoms. The van der Waals surface area contributed by atoms with Crippen molar-refractivity contribution in [2.24, 2.45) is 0 Å². The quantitative estimate of drug-likeness (QED) is 0.531. The van der Waals surface area contributed by atoms with Gasteiger partial charge in [0.15, 0.2) is 0 Å². The molecule has 5 heteroatoms. The maximum atomic E-state index is 4.90. The zero-order valence-corrected chi connectivity index (χ0v) is 8.53. The van der Waals surface area contributed by atoms with Gasteiger partial charge < -0.3 is 17.0 Å². The van der Waals surface area contributed by atoms with Gasteiger partial charge in [-0.05, 0) is 0 Å². The van der Waals surface area contributed by atoms with Crippen molar-refractivity contribution in [1.82, 2.24) is 0 Å². The van der Waals surface area contributed by atoms with E-state index in [4.69, 9.17) is 13.6 Å². The van der Waals surface area contributed by atoms with Gasteiger partial charge in [-0.25, -0.2) is 0 Å². The molecule has 58 valence electrons. The van der Waals surface area contributed by atoms with Crippen molar-refractivity contribution in [2.75, 3.05) is 28.0 Å². The minimum absolute atomic E-state index is 0. The average molecular weight is 219 g/mol. The summed E-state index contributed by atoms with van der Waals surface area (Å²) in [4.78, 5) is 0. The van der Waals surface area contributed by atoms with Crippen molar-refractivity contribution >= 4 is 7.94 Å². The number of hydrogen-bond donors (Lipinski definition) is 0. The first-order chi connectivity index (χ1) is 3.68. The SMILES string of the molecule is CO[P+](C)(OC)OC.[Br-]. The lowest BCUT2D eigenvalue weighted by molar-refractivity contribution is -0.00000480. The van der Waals surface area contributed by atoms with Crippen LogP contribution in [0.1, 0.15) is 0 Å². The first kappa shape index (κ1) is 12.5. The van der Waals surface area contributed by atoms with Crippen LogP contribution >= 0.6 is 7.94 Å². The molecule has 0 aliphatic rings. The summed E-state index contributed by atoms with van der Waals surface area (Å²) in [6.45, 7) is 1.80. The van der Waals surface area contributed by atoms with Crippen LogP contribution in [0.5, 0.6) is 0 Å². The predicted molar refractivity (Wildman–Crippen MR) is 33.9 cm³/mol.